The lowest BCUT2D eigenvalue weighted by Crippen LogP contribution is -2.21. The Morgan fingerprint density at radius 1 is 1.15 bits per heavy atom. The molecule has 1 aliphatic rings. The van der Waals surface area contributed by atoms with Gasteiger partial charge in [0.25, 0.3) is 0 Å². The molecule has 3 heteroatoms. The topological polar surface area (TPSA) is 34.1 Å². The van der Waals surface area contributed by atoms with Crippen molar-refractivity contribution in [3.8, 4) is 5.88 Å². The van der Waals surface area contributed by atoms with E-state index in [2.05, 4.69) is 34.6 Å². The van der Waals surface area contributed by atoms with E-state index >= 15 is 0 Å². The van der Waals surface area contributed by atoms with Crippen LogP contribution in [0.5, 0.6) is 5.88 Å². The summed E-state index contributed by atoms with van der Waals surface area (Å²) in [6.07, 6.45) is 1.21. The second-order valence-electron chi connectivity index (χ2n) is 5.32. The molecular formula is C17H20N2O. The summed E-state index contributed by atoms with van der Waals surface area (Å²) in [7, 11) is 0. The largest absolute Gasteiger partial charge is 0.469 e. The van der Waals surface area contributed by atoms with Crippen molar-refractivity contribution in [2.45, 2.75) is 19.4 Å². The van der Waals surface area contributed by atoms with Crippen molar-refractivity contribution in [2.75, 3.05) is 13.1 Å². The van der Waals surface area contributed by atoms with E-state index in [1.165, 1.54) is 5.56 Å². The van der Waals surface area contributed by atoms with Crippen molar-refractivity contribution in [3.05, 3.63) is 59.8 Å². The molecule has 3 rings (SSSR count). The molecule has 1 N–H and O–H groups in total. The molecule has 0 spiro atoms. The van der Waals surface area contributed by atoms with Gasteiger partial charge in [0.15, 0.2) is 0 Å². The highest BCUT2D eigenvalue weighted by Crippen LogP contribution is 2.31. The van der Waals surface area contributed by atoms with Crippen molar-refractivity contribution < 1.29 is 4.74 Å². The Balaban J connectivity index is 1.85. The molecule has 1 aliphatic heterocycles. The van der Waals surface area contributed by atoms with Crippen molar-refractivity contribution in [3.63, 3.8) is 0 Å². The van der Waals surface area contributed by atoms with Crippen LogP contribution in [-0.2, 0) is 0 Å². The highest BCUT2D eigenvalue weighted by Gasteiger charge is 2.28. The standard InChI is InChI=1S/C17H20N2O/c1-13-6-5-9-16(19-13)20-17(15-10-11-18-12-15)14-7-3-2-4-8-14/h2-9,15,17-18H,10-12H2,1H3. The minimum Gasteiger partial charge on any atom is -0.469 e. The van der Waals surface area contributed by atoms with E-state index in [9.17, 15) is 0 Å². The minimum absolute atomic E-state index is 0.0699. The van der Waals surface area contributed by atoms with Gasteiger partial charge in [0, 0.05) is 24.2 Å². The van der Waals surface area contributed by atoms with E-state index in [-0.39, 0.29) is 6.10 Å². The number of benzene rings is 1. The lowest BCUT2D eigenvalue weighted by Gasteiger charge is -2.24. The number of hydrogen-bond acceptors (Lipinski definition) is 3. The molecular weight excluding hydrogens is 248 g/mol. The van der Waals surface area contributed by atoms with Crippen LogP contribution in [0.15, 0.2) is 48.5 Å². The zero-order valence-electron chi connectivity index (χ0n) is 11.8. The second kappa shape index (κ2) is 6.06. The zero-order valence-corrected chi connectivity index (χ0v) is 11.8. The van der Waals surface area contributed by atoms with Crippen LogP contribution < -0.4 is 10.1 Å². The van der Waals surface area contributed by atoms with Gasteiger partial charge in [-0.05, 0) is 31.5 Å². The number of pyridine rings is 1. The summed E-state index contributed by atoms with van der Waals surface area (Å²) in [5, 5.41) is 3.42. The number of aryl methyl sites for hydroxylation is 1. The normalized spacial score (nSPS) is 19.8. The maximum absolute atomic E-state index is 6.21. The third kappa shape index (κ3) is 2.99. The number of rotatable bonds is 4. The van der Waals surface area contributed by atoms with Crippen LogP contribution in [0.2, 0.25) is 0 Å². The summed E-state index contributed by atoms with van der Waals surface area (Å²) in [6, 6.07) is 16.4. The Labute approximate surface area is 120 Å². The van der Waals surface area contributed by atoms with Crippen molar-refractivity contribution in [1.82, 2.24) is 10.3 Å². The molecule has 0 radical (unpaired) electrons. The fourth-order valence-corrected chi connectivity index (χ4v) is 2.73. The molecule has 3 nitrogen and oxygen atoms in total. The molecule has 0 bridgehead atoms. The van der Waals surface area contributed by atoms with Gasteiger partial charge < -0.3 is 10.1 Å². The average Bonchev–Trinajstić information content (AvgIpc) is 3.00. The third-order valence-corrected chi connectivity index (χ3v) is 3.77. The molecule has 0 amide bonds. The van der Waals surface area contributed by atoms with Gasteiger partial charge in [-0.1, -0.05) is 36.4 Å². The molecule has 2 atom stereocenters. The zero-order chi connectivity index (χ0) is 13.8. The van der Waals surface area contributed by atoms with Gasteiger partial charge in [-0.3, -0.25) is 0 Å². The van der Waals surface area contributed by atoms with Gasteiger partial charge in [-0.15, -0.1) is 0 Å². The summed E-state index contributed by atoms with van der Waals surface area (Å²) < 4.78 is 6.21. The van der Waals surface area contributed by atoms with Gasteiger partial charge in [0.05, 0.1) is 0 Å². The number of aromatic nitrogens is 1. The van der Waals surface area contributed by atoms with Crippen LogP contribution >= 0.6 is 0 Å². The highest BCUT2D eigenvalue weighted by molar-refractivity contribution is 5.22. The number of nitrogens with one attached hydrogen (secondary N) is 1. The van der Waals surface area contributed by atoms with Gasteiger partial charge in [0.1, 0.15) is 6.10 Å². The first kappa shape index (κ1) is 13.1. The van der Waals surface area contributed by atoms with E-state index in [1.54, 1.807) is 0 Å². The van der Waals surface area contributed by atoms with Crippen LogP contribution in [-0.4, -0.2) is 18.1 Å². The monoisotopic (exact) mass is 268 g/mol. The average molecular weight is 268 g/mol. The SMILES string of the molecule is Cc1cccc(OC(c2ccccc2)C2CCNC2)n1. The Bertz CT molecular complexity index is 550. The number of ether oxygens (including phenoxy) is 1. The molecule has 1 aromatic carbocycles. The predicted octanol–water partition coefficient (Wildman–Crippen LogP) is 3.12. The molecule has 0 aliphatic carbocycles. The Kier molecular flexibility index (Phi) is 3.97. The molecule has 104 valence electrons. The van der Waals surface area contributed by atoms with Gasteiger partial charge >= 0.3 is 0 Å². The van der Waals surface area contributed by atoms with Crippen LogP contribution in [0.3, 0.4) is 0 Å². The second-order valence-corrected chi connectivity index (χ2v) is 5.32. The van der Waals surface area contributed by atoms with E-state index in [0.717, 1.165) is 25.2 Å². The highest BCUT2D eigenvalue weighted by atomic mass is 16.5. The molecule has 1 saturated heterocycles. The van der Waals surface area contributed by atoms with Crippen LogP contribution in [0.4, 0.5) is 0 Å². The molecule has 1 fully saturated rings. The molecule has 2 heterocycles. The van der Waals surface area contributed by atoms with E-state index in [4.69, 9.17) is 4.74 Å². The Hall–Kier alpha value is -1.87. The van der Waals surface area contributed by atoms with Crippen LogP contribution in [0.25, 0.3) is 0 Å². The lowest BCUT2D eigenvalue weighted by atomic mass is 9.95. The van der Waals surface area contributed by atoms with Crippen LogP contribution in [0, 0.1) is 12.8 Å². The molecule has 0 saturated carbocycles. The third-order valence-electron chi connectivity index (χ3n) is 3.77. The first-order chi connectivity index (χ1) is 9.83. The number of nitrogens with zero attached hydrogens (tertiary/aromatic N) is 1. The maximum Gasteiger partial charge on any atom is 0.214 e. The quantitative estimate of drug-likeness (QED) is 0.925. The lowest BCUT2D eigenvalue weighted by molar-refractivity contribution is 0.138. The Morgan fingerprint density at radius 3 is 2.70 bits per heavy atom. The first-order valence-corrected chi connectivity index (χ1v) is 7.19. The summed E-state index contributed by atoms with van der Waals surface area (Å²) in [6.45, 7) is 4.06. The van der Waals surface area contributed by atoms with Gasteiger partial charge in [-0.25, -0.2) is 4.98 Å². The maximum atomic E-state index is 6.21. The van der Waals surface area contributed by atoms with Crippen molar-refractivity contribution in [1.29, 1.82) is 0 Å². The first-order valence-electron chi connectivity index (χ1n) is 7.19. The molecule has 2 aromatic rings. The summed E-state index contributed by atoms with van der Waals surface area (Å²) >= 11 is 0. The summed E-state index contributed by atoms with van der Waals surface area (Å²) in [4.78, 5) is 4.47. The smallest absolute Gasteiger partial charge is 0.214 e. The van der Waals surface area contributed by atoms with E-state index in [1.807, 2.05) is 31.2 Å². The fourth-order valence-electron chi connectivity index (χ4n) is 2.73. The van der Waals surface area contributed by atoms with Gasteiger partial charge in [-0.2, -0.15) is 0 Å². The van der Waals surface area contributed by atoms with Gasteiger partial charge in [0.2, 0.25) is 5.88 Å². The van der Waals surface area contributed by atoms with Crippen molar-refractivity contribution >= 4 is 0 Å². The van der Waals surface area contributed by atoms with Crippen LogP contribution in [0.1, 0.15) is 23.8 Å². The predicted molar refractivity (Wildman–Crippen MR) is 79.8 cm³/mol. The Morgan fingerprint density at radius 2 is 2.00 bits per heavy atom. The summed E-state index contributed by atoms with van der Waals surface area (Å²) in [5.74, 6) is 1.21. The van der Waals surface area contributed by atoms with Crippen molar-refractivity contribution in [2.24, 2.45) is 5.92 Å². The molecule has 1 aromatic heterocycles. The molecule has 20 heavy (non-hydrogen) atoms. The molecule has 2 unspecified atom stereocenters. The van der Waals surface area contributed by atoms with E-state index in [0.29, 0.717) is 11.8 Å². The van der Waals surface area contributed by atoms with E-state index < -0.39 is 0 Å². The number of hydrogen-bond donors (Lipinski definition) is 1. The minimum atomic E-state index is 0.0699. The fraction of sp³-hybridized carbons (Fsp3) is 0.353. The summed E-state index contributed by atoms with van der Waals surface area (Å²) in [5.41, 5.74) is 2.21.